The molecule has 5 nitrogen and oxygen atoms in total. The predicted molar refractivity (Wildman–Crippen MR) is 126 cm³/mol. The second-order valence-corrected chi connectivity index (χ2v) is 7.84. The van der Waals surface area contributed by atoms with Crippen LogP contribution >= 0.6 is 15.9 Å². The molecule has 0 saturated carbocycles. The van der Waals surface area contributed by atoms with E-state index in [-0.39, 0.29) is 5.91 Å². The molecule has 0 radical (unpaired) electrons. The number of rotatable bonds is 4. The number of carbonyl (C=O) groups is 1. The second-order valence-electron chi connectivity index (χ2n) is 6.99. The van der Waals surface area contributed by atoms with Crippen molar-refractivity contribution in [2.24, 2.45) is 0 Å². The van der Waals surface area contributed by atoms with Gasteiger partial charge in [-0.05, 0) is 30.3 Å². The van der Waals surface area contributed by atoms with Gasteiger partial charge in [0.2, 0.25) is 0 Å². The summed E-state index contributed by atoms with van der Waals surface area (Å²) in [6.07, 6.45) is 3.48. The topological polar surface area (TPSA) is 59.8 Å². The van der Waals surface area contributed by atoms with Gasteiger partial charge in [0.1, 0.15) is 5.69 Å². The van der Waals surface area contributed by atoms with Crippen LogP contribution in [0.2, 0.25) is 0 Å². The number of halogens is 1. The summed E-state index contributed by atoms with van der Waals surface area (Å²) in [5, 5.41) is 8.68. The largest absolute Gasteiger partial charge is 0.320 e. The first-order valence-corrected chi connectivity index (χ1v) is 10.5. The molecular formula is C25H17BrN4O. The highest BCUT2D eigenvalue weighted by atomic mass is 79.9. The van der Waals surface area contributed by atoms with Gasteiger partial charge in [-0.25, -0.2) is 4.68 Å². The summed E-state index contributed by atoms with van der Waals surface area (Å²) in [5.74, 6) is -0.240. The molecule has 31 heavy (non-hydrogen) atoms. The molecule has 0 fully saturated rings. The lowest BCUT2D eigenvalue weighted by Gasteiger charge is -2.09. The Labute approximate surface area is 187 Å². The van der Waals surface area contributed by atoms with Crippen molar-refractivity contribution in [2.45, 2.75) is 0 Å². The molecule has 0 unspecified atom stereocenters. The highest BCUT2D eigenvalue weighted by molar-refractivity contribution is 9.10. The van der Waals surface area contributed by atoms with Crippen molar-refractivity contribution < 1.29 is 4.79 Å². The molecule has 2 heterocycles. The third-order valence-corrected chi connectivity index (χ3v) is 5.68. The first kappa shape index (κ1) is 19.2. The molecule has 6 heteroatoms. The van der Waals surface area contributed by atoms with Crippen LogP contribution < -0.4 is 5.32 Å². The zero-order valence-electron chi connectivity index (χ0n) is 16.4. The van der Waals surface area contributed by atoms with Gasteiger partial charge in [0.25, 0.3) is 5.91 Å². The number of aromatic nitrogens is 3. The highest BCUT2D eigenvalue weighted by Gasteiger charge is 2.20. The molecule has 0 atom stereocenters. The van der Waals surface area contributed by atoms with Crippen molar-refractivity contribution in [3.63, 3.8) is 0 Å². The van der Waals surface area contributed by atoms with Gasteiger partial charge in [-0.3, -0.25) is 9.78 Å². The van der Waals surface area contributed by atoms with Crippen LogP contribution in [-0.2, 0) is 0 Å². The summed E-state index contributed by atoms with van der Waals surface area (Å²) in [5.41, 5.74) is 4.24. The zero-order valence-corrected chi connectivity index (χ0v) is 18.0. The monoisotopic (exact) mass is 468 g/mol. The number of hydrogen-bond acceptors (Lipinski definition) is 3. The average molecular weight is 469 g/mol. The number of para-hydroxylation sites is 1. The van der Waals surface area contributed by atoms with Crippen LogP contribution in [0.5, 0.6) is 0 Å². The molecule has 0 aliphatic heterocycles. The van der Waals surface area contributed by atoms with E-state index in [1.54, 1.807) is 17.1 Å². The highest BCUT2D eigenvalue weighted by Crippen LogP contribution is 2.30. The van der Waals surface area contributed by atoms with E-state index in [0.717, 1.165) is 26.6 Å². The number of pyridine rings is 1. The minimum Gasteiger partial charge on any atom is -0.320 e. The van der Waals surface area contributed by atoms with E-state index in [0.29, 0.717) is 16.9 Å². The Morgan fingerprint density at radius 1 is 0.871 bits per heavy atom. The van der Waals surface area contributed by atoms with Gasteiger partial charge in [0.15, 0.2) is 0 Å². The van der Waals surface area contributed by atoms with E-state index in [2.05, 4.69) is 26.2 Å². The number of carbonyl (C=O) groups excluding carboxylic acids is 1. The van der Waals surface area contributed by atoms with E-state index in [1.165, 1.54) is 0 Å². The molecule has 1 N–H and O–H groups in total. The van der Waals surface area contributed by atoms with Gasteiger partial charge in [0.05, 0.1) is 22.5 Å². The minimum absolute atomic E-state index is 0.240. The number of fused-ring (bicyclic) bond motifs is 1. The van der Waals surface area contributed by atoms with Crippen LogP contribution in [0.15, 0.2) is 102 Å². The van der Waals surface area contributed by atoms with Gasteiger partial charge in [-0.15, -0.1) is 0 Å². The van der Waals surface area contributed by atoms with E-state index in [4.69, 9.17) is 5.10 Å². The Morgan fingerprint density at radius 2 is 1.61 bits per heavy atom. The summed E-state index contributed by atoms with van der Waals surface area (Å²) in [4.78, 5) is 17.8. The molecule has 150 valence electrons. The maximum Gasteiger partial charge on any atom is 0.259 e. The first-order valence-electron chi connectivity index (χ1n) is 9.76. The number of anilines is 1. The summed E-state index contributed by atoms with van der Waals surface area (Å²) < 4.78 is 2.66. The fourth-order valence-electron chi connectivity index (χ4n) is 3.49. The van der Waals surface area contributed by atoms with Crippen molar-refractivity contribution in [2.75, 3.05) is 5.32 Å². The molecule has 0 aliphatic carbocycles. The van der Waals surface area contributed by atoms with Crippen LogP contribution in [-0.4, -0.2) is 20.7 Å². The summed E-state index contributed by atoms with van der Waals surface area (Å²) >= 11 is 3.55. The summed E-state index contributed by atoms with van der Waals surface area (Å²) in [6.45, 7) is 0. The number of benzene rings is 3. The van der Waals surface area contributed by atoms with E-state index in [1.807, 2.05) is 84.9 Å². The lowest BCUT2D eigenvalue weighted by Crippen LogP contribution is -2.13. The number of nitrogens with one attached hydrogen (secondary N) is 1. The van der Waals surface area contributed by atoms with Crippen LogP contribution in [0, 0.1) is 0 Å². The lowest BCUT2D eigenvalue weighted by atomic mass is 10.1. The standard InChI is InChI=1S/C25H17BrN4O/c26-21-13-14-22(24-19(21)12-7-15-27-24)28-25(31)20-16-30(18-10-5-2-6-11-18)29-23(20)17-8-3-1-4-9-17/h1-16H,(H,28,31). The summed E-state index contributed by atoms with van der Waals surface area (Å²) in [7, 11) is 0. The third-order valence-electron chi connectivity index (χ3n) is 4.99. The van der Waals surface area contributed by atoms with Gasteiger partial charge in [-0.2, -0.15) is 5.10 Å². The average Bonchev–Trinajstić information content (AvgIpc) is 3.28. The molecule has 0 spiro atoms. The van der Waals surface area contributed by atoms with Crippen LogP contribution in [0.3, 0.4) is 0 Å². The Kier molecular flexibility index (Phi) is 5.06. The van der Waals surface area contributed by atoms with Gasteiger partial charge in [-0.1, -0.05) is 70.5 Å². The van der Waals surface area contributed by atoms with Crippen molar-refractivity contribution in [1.29, 1.82) is 0 Å². The Hall–Kier alpha value is -3.77. The van der Waals surface area contributed by atoms with Crippen LogP contribution in [0.4, 0.5) is 5.69 Å². The molecular weight excluding hydrogens is 452 g/mol. The van der Waals surface area contributed by atoms with Crippen molar-refractivity contribution in [3.05, 3.63) is 107 Å². The summed E-state index contributed by atoms with van der Waals surface area (Å²) in [6, 6.07) is 27.0. The number of amides is 1. The zero-order chi connectivity index (χ0) is 21.2. The Balaban J connectivity index is 1.59. The fourth-order valence-corrected chi connectivity index (χ4v) is 3.94. The first-order chi connectivity index (χ1) is 15.2. The minimum atomic E-state index is -0.240. The second kappa shape index (κ2) is 8.16. The molecule has 5 aromatic rings. The number of nitrogens with zero attached hydrogens (tertiary/aromatic N) is 3. The van der Waals surface area contributed by atoms with E-state index < -0.39 is 0 Å². The maximum absolute atomic E-state index is 13.4. The Bertz CT molecular complexity index is 1380. The van der Waals surface area contributed by atoms with Crippen LogP contribution in [0.1, 0.15) is 10.4 Å². The molecule has 0 saturated heterocycles. The third kappa shape index (κ3) is 3.73. The quantitative estimate of drug-likeness (QED) is 0.346. The molecule has 0 aliphatic rings. The normalized spacial score (nSPS) is 10.9. The lowest BCUT2D eigenvalue weighted by molar-refractivity contribution is 0.102. The molecule has 5 rings (SSSR count). The SMILES string of the molecule is O=C(Nc1ccc(Br)c2cccnc12)c1cn(-c2ccccc2)nc1-c1ccccc1. The fraction of sp³-hybridized carbons (Fsp3) is 0. The molecule has 3 aromatic carbocycles. The van der Waals surface area contributed by atoms with Crippen molar-refractivity contribution in [3.8, 4) is 16.9 Å². The van der Waals surface area contributed by atoms with Crippen molar-refractivity contribution >= 4 is 38.4 Å². The maximum atomic E-state index is 13.4. The number of hydrogen-bond donors (Lipinski definition) is 1. The smallest absolute Gasteiger partial charge is 0.259 e. The van der Waals surface area contributed by atoms with Gasteiger partial charge >= 0.3 is 0 Å². The Morgan fingerprint density at radius 3 is 2.39 bits per heavy atom. The molecule has 2 aromatic heterocycles. The molecule has 1 amide bonds. The van der Waals surface area contributed by atoms with Crippen molar-refractivity contribution in [1.82, 2.24) is 14.8 Å². The van der Waals surface area contributed by atoms with Crippen LogP contribution in [0.25, 0.3) is 27.8 Å². The van der Waals surface area contributed by atoms with E-state index in [9.17, 15) is 4.79 Å². The van der Waals surface area contributed by atoms with Gasteiger partial charge < -0.3 is 5.32 Å². The molecule has 0 bridgehead atoms. The van der Waals surface area contributed by atoms with Gasteiger partial charge in [0, 0.05) is 27.8 Å². The van der Waals surface area contributed by atoms with E-state index >= 15 is 0 Å². The predicted octanol–water partition coefficient (Wildman–Crippen LogP) is 6.10.